The topological polar surface area (TPSA) is 61.8 Å². The molecule has 2 unspecified atom stereocenters. The number of guanidine groups is 1. The fraction of sp³-hybridized carbons (Fsp3) is 0.750. The van der Waals surface area contributed by atoms with E-state index >= 15 is 0 Å². The Kier molecular flexibility index (Phi) is 5.85. The van der Waals surface area contributed by atoms with Gasteiger partial charge in [0.25, 0.3) is 0 Å². The third-order valence-corrected chi connectivity index (χ3v) is 5.46. The lowest BCUT2D eigenvalue weighted by molar-refractivity contribution is -0.0453. The normalized spacial score (nSPS) is 25.4. The average molecular weight is 337 g/mol. The molecule has 0 bridgehead atoms. The molecule has 6 nitrogen and oxygen atoms in total. The van der Waals surface area contributed by atoms with Crippen molar-refractivity contribution in [3.63, 3.8) is 0 Å². The van der Waals surface area contributed by atoms with Crippen LogP contribution in [-0.4, -0.2) is 67.8 Å². The van der Waals surface area contributed by atoms with Crippen molar-refractivity contribution in [3.05, 3.63) is 16.1 Å². The van der Waals surface area contributed by atoms with E-state index in [0.29, 0.717) is 6.04 Å². The third-order valence-electron chi connectivity index (χ3n) is 4.48. The Labute approximate surface area is 142 Å². The standard InChI is InChI=1S/C16H27N5OS/c1-12-8-19-15(23-12)5-6-18-16(17-2)20-9-14-10-21-7-3-4-13(21)11-22-14/h8,13-14H,3-7,9-11H2,1-2H3,(H2,17,18,20). The predicted molar refractivity (Wildman–Crippen MR) is 94.3 cm³/mol. The molecule has 3 rings (SSSR count). The first kappa shape index (κ1) is 16.7. The highest BCUT2D eigenvalue weighted by molar-refractivity contribution is 7.11. The number of aliphatic imine (C=N–C) groups is 1. The Bertz CT molecular complexity index is 532. The quantitative estimate of drug-likeness (QED) is 0.621. The molecule has 2 fully saturated rings. The molecular formula is C16H27N5OS. The zero-order valence-electron chi connectivity index (χ0n) is 14.0. The number of aryl methyl sites for hydroxylation is 1. The van der Waals surface area contributed by atoms with E-state index in [4.69, 9.17) is 4.74 Å². The van der Waals surface area contributed by atoms with Crippen LogP contribution in [0.25, 0.3) is 0 Å². The number of thiazole rings is 1. The van der Waals surface area contributed by atoms with Crippen molar-refractivity contribution in [2.45, 2.75) is 38.3 Å². The van der Waals surface area contributed by atoms with E-state index < -0.39 is 0 Å². The van der Waals surface area contributed by atoms with Gasteiger partial charge < -0.3 is 15.4 Å². The summed E-state index contributed by atoms with van der Waals surface area (Å²) in [6.45, 7) is 6.87. The van der Waals surface area contributed by atoms with Crippen LogP contribution in [0, 0.1) is 6.92 Å². The minimum Gasteiger partial charge on any atom is -0.373 e. The molecule has 0 spiro atoms. The molecule has 2 aliphatic rings. The van der Waals surface area contributed by atoms with E-state index in [1.165, 1.54) is 29.3 Å². The molecule has 0 aromatic carbocycles. The van der Waals surface area contributed by atoms with E-state index in [0.717, 1.165) is 38.6 Å². The van der Waals surface area contributed by atoms with Crippen LogP contribution in [0.2, 0.25) is 0 Å². The van der Waals surface area contributed by atoms with Crippen LogP contribution in [0.15, 0.2) is 11.2 Å². The van der Waals surface area contributed by atoms with Crippen LogP contribution >= 0.6 is 11.3 Å². The molecule has 2 saturated heterocycles. The zero-order chi connectivity index (χ0) is 16.1. The largest absolute Gasteiger partial charge is 0.373 e. The number of rotatable bonds is 5. The molecular weight excluding hydrogens is 310 g/mol. The Hall–Kier alpha value is -1.18. The number of hydrogen-bond acceptors (Lipinski definition) is 5. The molecule has 0 amide bonds. The Balaban J connectivity index is 1.36. The molecule has 7 heteroatoms. The van der Waals surface area contributed by atoms with Gasteiger partial charge in [0.2, 0.25) is 0 Å². The van der Waals surface area contributed by atoms with Crippen LogP contribution in [0.4, 0.5) is 0 Å². The van der Waals surface area contributed by atoms with Gasteiger partial charge >= 0.3 is 0 Å². The highest BCUT2D eigenvalue weighted by atomic mass is 32.1. The number of nitrogens with zero attached hydrogens (tertiary/aromatic N) is 3. The highest BCUT2D eigenvalue weighted by Crippen LogP contribution is 2.22. The zero-order valence-corrected chi connectivity index (χ0v) is 14.9. The molecule has 2 atom stereocenters. The van der Waals surface area contributed by atoms with E-state index in [-0.39, 0.29) is 6.10 Å². The van der Waals surface area contributed by atoms with Crippen LogP contribution in [-0.2, 0) is 11.2 Å². The van der Waals surface area contributed by atoms with Gasteiger partial charge in [0.15, 0.2) is 5.96 Å². The van der Waals surface area contributed by atoms with Gasteiger partial charge in [-0.3, -0.25) is 9.89 Å². The summed E-state index contributed by atoms with van der Waals surface area (Å²) < 4.78 is 5.97. The van der Waals surface area contributed by atoms with Crippen LogP contribution in [0.3, 0.4) is 0 Å². The van der Waals surface area contributed by atoms with Crippen LogP contribution < -0.4 is 10.6 Å². The number of ether oxygens (including phenoxy) is 1. The molecule has 3 heterocycles. The molecule has 23 heavy (non-hydrogen) atoms. The van der Waals surface area contributed by atoms with E-state index in [1.807, 2.05) is 6.20 Å². The van der Waals surface area contributed by atoms with E-state index in [9.17, 15) is 0 Å². The SMILES string of the molecule is CN=C(NCCc1ncc(C)s1)NCC1CN2CCCC2CO1. The van der Waals surface area contributed by atoms with Crippen molar-refractivity contribution in [2.24, 2.45) is 4.99 Å². The third kappa shape index (κ3) is 4.65. The molecule has 128 valence electrons. The van der Waals surface area contributed by atoms with Gasteiger partial charge in [-0.1, -0.05) is 0 Å². The lowest BCUT2D eigenvalue weighted by Gasteiger charge is -2.35. The molecule has 0 saturated carbocycles. The predicted octanol–water partition coefficient (Wildman–Crippen LogP) is 1.02. The van der Waals surface area contributed by atoms with Crippen molar-refractivity contribution in [2.75, 3.05) is 39.8 Å². The lowest BCUT2D eigenvalue weighted by atomic mass is 10.2. The first-order valence-corrected chi connectivity index (χ1v) is 9.27. The Morgan fingerprint density at radius 3 is 3.22 bits per heavy atom. The maximum absolute atomic E-state index is 5.97. The van der Waals surface area contributed by atoms with Crippen LogP contribution in [0.1, 0.15) is 22.7 Å². The molecule has 0 aliphatic carbocycles. The first-order chi connectivity index (χ1) is 11.2. The van der Waals surface area contributed by atoms with Gasteiger partial charge in [0, 0.05) is 50.2 Å². The summed E-state index contributed by atoms with van der Waals surface area (Å²) in [5, 5.41) is 7.90. The van der Waals surface area contributed by atoms with E-state index in [2.05, 4.69) is 32.4 Å². The Morgan fingerprint density at radius 2 is 2.43 bits per heavy atom. The lowest BCUT2D eigenvalue weighted by Crippen LogP contribution is -2.51. The number of nitrogens with one attached hydrogen (secondary N) is 2. The first-order valence-electron chi connectivity index (χ1n) is 8.46. The van der Waals surface area contributed by atoms with Crippen LogP contribution in [0.5, 0.6) is 0 Å². The summed E-state index contributed by atoms with van der Waals surface area (Å²) in [7, 11) is 1.81. The van der Waals surface area contributed by atoms with Gasteiger partial charge in [0.1, 0.15) is 0 Å². The monoisotopic (exact) mass is 337 g/mol. The van der Waals surface area contributed by atoms with Crippen molar-refractivity contribution in [1.29, 1.82) is 0 Å². The van der Waals surface area contributed by atoms with Gasteiger partial charge in [-0.25, -0.2) is 4.98 Å². The average Bonchev–Trinajstić information content (AvgIpc) is 3.18. The fourth-order valence-electron chi connectivity index (χ4n) is 3.25. The van der Waals surface area contributed by atoms with Gasteiger partial charge in [-0.05, 0) is 26.3 Å². The molecule has 2 aliphatic heterocycles. The second kappa shape index (κ2) is 8.08. The second-order valence-corrected chi connectivity index (χ2v) is 7.56. The summed E-state index contributed by atoms with van der Waals surface area (Å²) in [6, 6.07) is 0.658. The van der Waals surface area contributed by atoms with Crippen molar-refractivity contribution < 1.29 is 4.74 Å². The van der Waals surface area contributed by atoms with Gasteiger partial charge in [-0.15, -0.1) is 11.3 Å². The highest BCUT2D eigenvalue weighted by Gasteiger charge is 2.32. The van der Waals surface area contributed by atoms with Crippen molar-refractivity contribution in [3.8, 4) is 0 Å². The Morgan fingerprint density at radius 1 is 1.52 bits per heavy atom. The minimum absolute atomic E-state index is 0.254. The molecule has 1 aromatic heterocycles. The molecule has 1 aromatic rings. The minimum atomic E-state index is 0.254. The fourth-order valence-corrected chi connectivity index (χ4v) is 4.03. The van der Waals surface area contributed by atoms with Crippen molar-refractivity contribution in [1.82, 2.24) is 20.5 Å². The number of hydrogen-bond donors (Lipinski definition) is 2. The molecule has 2 N–H and O–H groups in total. The summed E-state index contributed by atoms with van der Waals surface area (Å²) in [5.74, 6) is 0.838. The van der Waals surface area contributed by atoms with Gasteiger partial charge in [-0.2, -0.15) is 0 Å². The maximum Gasteiger partial charge on any atom is 0.191 e. The second-order valence-electron chi connectivity index (χ2n) is 6.24. The maximum atomic E-state index is 5.97. The number of morpholine rings is 1. The summed E-state index contributed by atoms with van der Waals surface area (Å²) >= 11 is 1.75. The summed E-state index contributed by atoms with van der Waals surface area (Å²) in [6.07, 6.45) is 5.71. The number of fused-ring (bicyclic) bond motifs is 1. The molecule has 0 radical (unpaired) electrons. The number of aromatic nitrogens is 1. The summed E-state index contributed by atoms with van der Waals surface area (Å²) in [5.41, 5.74) is 0. The van der Waals surface area contributed by atoms with Gasteiger partial charge in [0.05, 0.1) is 17.7 Å². The van der Waals surface area contributed by atoms with Crippen molar-refractivity contribution >= 4 is 17.3 Å². The smallest absolute Gasteiger partial charge is 0.191 e. The van der Waals surface area contributed by atoms with E-state index in [1.54, 1.807) is 18.4 Å². The summed E-state index contributed by atoms with van der Waals surface area (Å²) in [4.78, 5) is 12.5.